The van der Waals surface area contributed by atoms with Gasteiger partial charge in [0.1, 0.15) is 0 Å². The van der Waals surface area contributed by atoms with Crippen molar-refractivity contribution in [3.63, 3.8) is 0 Å². The van der Waals surface area contributed by atoms with E-state index >= 15 is 0 Å². The van der Waals surface area contributed by atoms with E-state index in [1.165, 1.54) is 5.06 Å². The molecule has 0 aromatic rings. The Kier molecular flexibility index (Phi) is 4.34. The lowest BCUT2D eigenvalue weighted by atomic mass is 10.2. The van der Waals surface area contributed by atoms with Crippen molar-refractivity contribution in [1.82, 2.24) is 9.96 Å². The number of nitrogens with zero attached hydrogens (tertiary/aromatic N) is 2. The van der Waals surface area contributed by atoms with Gasteiger partial charge in [-0.1, -0.05) is 0 Å². The maximum Gasteiger partial charge on any atom is 0.345 e. The molecule has 0 aromatic heterocycles. The van der Waals surface area contributed by atoms with Crippen molar-refractivity contribution in [1.29, 1.82) is 0 Å². The molecule has 2 amide bonds. The summed E-state index contributed by atoms with van der Waals surface area (Å²) in [5, 5.41) is 1.17. The number of hydroxylamine groups is 2. The number of hydrogen-bond donors (Lipinski definition) is 1. The number of carbonyl (C=O) groups is 1. The van der Waals surface area contributed by atoms with Crippen LogP contribution in [0.1, 0.15) is 26.7 Å². The first-order chi connectivity index (χ1) is 6.70. The molecule has 1 aliphatic rings. The number of carbonyl (C=O) groups excluding carboxylic acids is 1. The van der Waals surface area contributed by atoms with E-state index in [0.717, 1.165) is 12.8 Å². The van der Waals surface area contributed by atoms with E-state index in [2.05, 4.69) is 0 Å². The van der Waals surface area contributed by atoms with Crippen molar-refractivity contribution in [3.8, 4) is 0 Å². The molecule has 0 spiro atoms. The number of thiol groups is 1. The van der Waals surface area contributed by atoms with Gasteiger partial charge in [0.25, 0.3) is 0 Å². The highest BCUT2D eigenvalue weighted by Gasteiger charge is 2.28. The minimum absolute atomic E-state index is 0.194. The lowest BCUT2D eigenvalue weighted by molar-refractivity contribution is -0.00681. The van der Waals surface area contributed by atoms with Crippen LogP contribution in [0.2, 0.25) is 0 Å². The Bertz CT molecular complexity index is 225. The van der Waals surface area contributed by atoms with E-state index in [1.54, 1.807) is 4.90 Å². The number of hydrogen-bond acceptors (Lipinski definition) is 3. The molecule has 1 heterocycles. The Morgan fingerprint density at radius 1 is 1.64 bits per heavy atom. The largest absolute Gasteiger partial charge is 0.345 e. The van der Waals surface area contributed by atoms with Crippen LogP contribution in [0.5, 0.6) is 0 Å². The van der Waals surface area contributed by atoms with Gasteiger partial charge in [-0.3, -0.25) is 0 Å². The molecule has 0 aromatic carbocycles. The van der Waals surface area contributed by atoms with Crippen molar-refractivity contribution >= 4 is 18.0 Å². The molecule has 0 N–H and O–H groups in total. The number of urea groups is 1. The molecule has 5 nitrogen and oxygen atoms in total. The van der Waals surface area contributed by atoms with Gasteiger partial charge in [0.15, 0.2) is 11.9 Å². The number of amides is 2. The highest BCUT2D eigenvalue weighted by Crippen LogP contribution is 2.15. The monoisotopic (exact) mass is 220 g/mol. The first-order valence-corrected chi connectivity index (χ1v) is 5.51. The summed E-state index contributed by atoms with van der Waals surface area (Å²) in [6, 6.07) is 0.0327. The van der Waals surface area contributed by atoms with E-state index in [4.69, 9.17) is 4.28 Å². The highest BCUT2D eigenvalue weighted by molar-refractivity contribution is 7.60. The van der Waals surface area contributed by atoms with Crippen LogP contribution >= 0.6 is 0 Å². The van der Waals surface area contributed by atoms with Gasteiger partial charge in [0.2, 0.25) is 0 Å². The molecular weight excluding hydrogens is 204 g/mol. The van der Waals surface area contributed by atoms with Gasteiger partial charge in [0, 0.05) is 12.6 Å². The second-order valence-corrected chi connectivity index (χ2v) is 3.63. The average Bonchev–Trinajstić information content (AvgIpc) is 2.28. The van der Waals surface area contributed by atoms with Crippen LogP contribution in [0.4, 0.5) is 4.79 Å². The van der Waals surface area contributed by atoms with Crippen molar-refractivity contribution in [2.24, 2.45) is 0 Å². The summed E-state index contributed by atoms with van der Waals surface area (Å²) in [5.41, 5.74) is 0. The third-order valence-corrected chi connectivity index (χ3v) is 2.71. The molecule has 0 radical (unpaired) electrons. The zero-order chi connectivity index (χ0) is 10.6. The summed E-state index contributed by atoms with van der Waals surface area (Å²) in [7, 11) is 0. The van der Waals surface area contributed by atoms with Gasteiger partial charge in [-0.15, -0.1) is 0 Å². The SMILES string of the molecule is CCN1C(=O)N(O[SH]=O)CCC[C@H]1C. The van der Waals surface area contributed by atoms with Gasteiger partial charge in [0.05, 0.1) is 6.54 Å². The van der Waals surface area contributed by atoms with Crippen LogP contribution in [0, 0.1) is 0 Å². The summed E-state index contributed by atoms with van der Waals surface area (Å²) < 4.78 is 15.0. The average molecular weight is 220 g/mol. The Morgan fingerprint density at radius 2 is 2.36 bits per heavy atom. The minimum Gasteiger partial charge on any atom is -0.320 e. The fraction of sp³-hybridized carbons (Fsp3) is 0.875. The smallest absolute Gasteiger partial charge is 0.320 e. The molecule has 0 unspecified atom stereocenters. The van der Waals surface area contributed by atoms with Crippen LogP contribution in [0.25, 0.3) is 0 Å². The molecule has 1 aliphatic heterocycles. The van der Waals surface area contributed by atoms with E-state index in [9.17, 15) is 9.00 Å². The van der Waals surface area contributed by atoms with Crippen molar-refractivity contribution in [3.05, 3.63) is 0 Å². The predicted octanol–water partition coefficient (Wildman–Crippen LogP) is 0.705. The molecule has 82 valence electrons. The lowest BCUT2D eigenvalue weighted by Crippen LogP contribution is -2.44. The van der Waals surface area contributed by atoms with Crippen LogP contribution in [-0.2, 0) is 16.2 Å². The summed E-state index contributed by atoms with van der Waals surface area (Å²) in [4.78, 5) is 13.5. The normalized spacial score (nSPS) is 23.9. The fourth-order valence-electron chi connectivity index (χ4n) is 1.68. The van der Waals surface area contributed by atoms with Gasteiger partial charge < -0.3 is 4.90 Å². The molecule has 1 fully saturated rings. The van der Waals surface area contributed by atoms with Crippen molar-refractivity contribution < 1.29 is 13.3 Å². The zero-order valence-electron chi connectivity index (χ0n) is 8.47. The number of rotatable bonds is 3. The second-order valence-electron chi connectivity index (χ2n) is 3.32. The molecule has 14 heavy (non-hydrogen) atoms. The maximum absolute atomic E-state index is 11.8. The minimum atomic E-state index is -0.477. The van der Waals surface area contributed by atoms with Crippen LogP contribution in [0.3, 0.4) is 0 Å². The highest BCUT2D eigenvalue weighted by atomic mass is 32.2. The first-order valence-electron chi connectivity index (χ1n) is 4.78. The van der Waals surface area contributed by atoms with Gasteiger partial charge >= 0.3 is 6.03 Å². The van der Waals surface area contributed by atoms with E-state index in [0.29, 0.717) is 13.1 Å². The van der Waals surface area contributed by atoms with Crippen LogP contribution in [-0.4, -0.2) is 39.3 Å². The summed E-state index contributed by atoms with van der Waals surface area (Å²) >= 11 is -0.477. The summed E-state index contributed by atoms with van der Waals surface area (Å²) in [5.74, 6) is 0. The maximum atomic E-state index is 11.8. The topological polar surface area (TPSA) is 49.9 Å². The van der Waals surface area contributed by atoms with Gasteiger partial charge in [-0.05, 0) is 26.7 Å². The molecule has 6 heteroatoms. The van der Waals surface area contributed by atoms with Gasteiger partial charge in [-0.2, -0.15) is 9.35 Å². The Labute approximate surface area is 87.7 Å². The molecule has 1 rings (SSSR count). The fourth-order valence-corrected chi connectivity index (χ4v) is 1.91. The zero-order valence-corrected chi connectivity index (χ0v) is 9.37. The quantitative estimate of drug-likeness (QED) is 0.712. The summed E-state index contributed by atoms with van der Waals surface area (Å²) in [6.07, 6.45) is 1.83. The molecular formula is C8H16N2O3S. The van der Waals surface area contributed by atoms with E-state index in [-0.39, 0.29) is 12.1 Å². The third-order valence-electron chi connectivity index (χ3n) is 2.45. The first kappa shape index (κ1) is 11.5. The molecule has 1 atom stereocenters. The standard InChI is InChI=1S/C8H16N2O3S/c1-3-9-7(2)5-4-6-10(8(9)11)13-14-12/h7,14H,3-6H2,1-2H3/t7-/m1/s1. The van der Waals surface area contributed by atoms with Gasteiger partial charge in [-0.25, -0.2) is 9.00 Å². The summed E-state index contributed by atoms with van der Waals surface area (Å²) in [6.45, 7) is 5.09. The molecule has 1 saturated heterocycles. The lowest BCUT2D eigenvalue weighted by Gasteiger charge is -2.27. The molecule has 0 saturated carbocycles. The predicted molar refractivity (Wildman–Crippen MR) is 53.8 cm³/mol. The molecule has 0 bridgehead atoms. The molecule has 0 aliphatic carbocycles. The second kappa shape index (κ2) is 5.31. The van der Waals surface area contributed by atoms with Crippen LogP contribution < -0.4 is 0 Å². The Morgan fingerprint density at radius 3 is 2.93 bits per heavy atom. The van der Waals surface area contributed by atoms with E-state index < -0.39 is 11.9 Å². The Hall–Kier alpha value is -0.620. The third kappa shape index (κ3) is 2.45. The van der Waals surface area contributed by atoms with Crippen molar-refractivity contribution in [2.75, 3.05) is 13.1 Å². The van der Waals surface area contributed by atoms with Crippen molar-refractivity contribution in [2.45, 2.75) is 32.7 Å². The van der Waals surface area contributed by atoms with E-state index in [1.807, 2.05) is 13.8 Å². The Balaban J connectivity index is 2.72. The van der Waals surface area contributed by atoms with Crippen LogP contribution in [0.15, 0.2) is 0 Å².